The summed E-state index contributed by atoms with van der Waals surface area (Å²) in [5.41, 5.74) is -0.768. The van der Waals surface area contributed by atoms with Gasteiger partial charge in [0.2, 0.25) is 11.8 Å². The molecule has 0 saturated carbocycles. The monoisotopic (exact) mass is 565 g/mol. The highest BCUT2D eigenvalue weighted by Crippen LogP contribution is 2.32. The molecular formula is C30H51N3O7. The molecule has 5 atom stereocenters. The van der Waals surface area contributed by atoms with Crippen molar-refractivity contribution in [3.05, 3.63) is 25.3 Å². The Labute approximate surface area is 240 Å². The van der Waals surface area contributed by atoms with Crippen molar-refractivity contribution in [2.45, 2.75) is 110 Å². The summed E-state index contributed by atoms with van der Waals surface area (Å²) in [6.45, 7) is 20.6. The summed E-state index contributed by atoms with van der Waals surface area (Å²) in [4.78, 5) is 54.6. The van der Waals surface area contributed by atoms with Crippen LogP contribution in [0, 0.1) is 11.8 Å². The molecule has 0 spiro atoms. The zero-order valence-electron chi connectivity index (χ0n) is 25.5. The third kappa shape index (κ3) is 11.3. The average molecular weight is 566 g/mol. The maximum Gasteiger partial charge on any atom is 0.408 e. The van der Waals surface area contributed by atoms with E-state index in [0.29, 0.717) is 25.8 Å². The van der Waals surface area contributed by atoms with Gasteiger partial charge in [0.15, 0.2) is 0 Å². The first-order valence-electron chi connectivity index (χ1n) is 14.4. The minimum atomic E-state index is -1.10. The van der Waals surface area contributed by atoms with Gasteiger partial charge in [-0.15, -0.1) is 13.2 Å². The fraction of sp³-hybridized carbons (Fsp3) is 0.733. The van der Waals surface area contributed by atoms with Crippen LogP contribution in [0.5, 0.6) is 0 Å². The summed E-state index contributed by atoms with van der Waals surface area (Å²) in [7, 11) is 0. The maximum absolute atomic E-state index is 14.0. The first-order valence-corrected chi connectivity index (χ1v) is 14.4. The zero-order valence-corrected chi connectivity index (χ0v) is 25.5. The van der Waals surface area contributed by atoms with Gasteiger partial charge in [0.05, 0.1) is 19.3 Å². The van der Waals surface area contributed by atoms with Gasteiger partial charge in [0, 0.05) is 6.54 Å². The fourth-order valence-corrected chi connectivity index (χ4v) is 4.79. The van der Waals surface area contributed by atoms with Gasteiger partial charge in [-0.05, 0) is 72.1 Å². The Morgan fingerprint density at radius 1 is 1.05 bits per heavy atom. The zero-order chi connectivity index (χ0) is 30.5. The SMILES string of the molecule is C=CCCCC[C@H](NC(=O)[C@@H]1[C@@H](C(C)C)CCN1C(=O)[C@@H](NC(=O)OC(C)(C)C)[C@H](C)OCC=C)C(=O)OCC. The second-order valence-corrected chi connectivity index (χ2v) is 11.5. The molecule has 0 aliphatic carbocycles. The van der Waals surface area contributed by atoms with Gasteiger partial charge in [-0.2, -0.15) is 0 Å². The molecule has 0 unspecified atom stereocenters. The first-order chi connectivity index (χ1) is 18.8. The molecule has 1 heterocycles. The van der Waals surface area contributed by atoms with Crippen molar-refractivity contribution < 1.29 is 33.4 Å². The summed E-state index contributed by atoms with van der Waals surface area (Å²) >= 11 is 0. The van der Waals surface area contributed by atoms with E-state index in [0.717, 1.165) is 12.8 Å². The minimum absolute atomic E-state index is 0.0916. The van der Waals surface area contributed by atoms with Crippen LogP contribution in [0.1, 0.15) is 80.6 Å². The van der Waals surface area contributed by atoms with Crippen molar-refractivity contribution in [1.29, 1.82) is 0 Å². The Hall–Kier alpha value is -2.88. The summed E-state index contributed by atoms with van der Waals surface area (Å²) in [6.07, 6.45) is 5.25. The molecule has 228 valence electrons. The van der Waals surface area contributed by atoms with Crippen molar-refractivity contribution in [2.24, 2.45) is 11.8 Å². The number of nitrogens with one attached hydrogen (secondary N) is 2. The Morgan fingerprint density at radius 3 is 2.27 bits per heavy atom. The molecular weight excluding hydrogens is 514 g/mol. The standard InChI is InChI=1S/C30H51N3O7/c1-10-13-14-15-16-23(28(36)38-12-3)31-26(34)25-22(20(4)5)17-18-33(25)27(35)24(21(6)39-19-11-2)32-29(37)40-30(7,8)9/h10-11,20-25H,1-2,12-19H2,3-9H3,(H,31,34)(H,32,37)/t21-,22+,23-,24-,25-/m0/s1. The highest BCUT2D eigenvalue weighted by Gasteiger charge is 2.46. The number of allylic oxidation sites excluding steroid dienone is 1. The lowest BCUT2D eigenvalue weighted by molar-refractivity contribution is -0.149. The van der Waals surface area contributed by atoms with Gasteiger partial charge in [0.25, 0.3) is 0 Å². The van der Waals surface area contributed by atoms with Crippen LogP contribution in [-0.2, 0) is 28.6 Å². The normalized spacial score (nSPS) is 19.4. The van der Waals surface area contributed by atoms with E-state index in [1.807, 2.05) is 19.9 Å². The number of alkyl carbamates (subject to hydrolysis) is 1. The van der Waals surface area contributed by atoms with Crippen molar-refractivity contribution in [1.82, 2.24) is 15.5 Å². The lowest BCUT2D eigenvalue weighted by atomic mass is 9.88. The Morgan fingerprint density at radius 2 is 1.73 bits per heavy atom. The van der Waals surface area contributed by atoms with E-state index in [9.17, 15) is 19.2 Å². The van der Waals surface area contributed by atoms with Crippen molar-refractivity contribution in [3.8, 4) is 0 Å². The van der Waals surface area contributed by atoms with Crippen molar-refractivity contribution in [2.75, 3.05) is 19.8 Å². The maximum atomic E-state index is 14.0. The fourth-order valence-electron chi connectivity index (χ4n) is 4.79. The van der Waals surface area contributed by atoms with E-state index in [4.69, 9.17) is 14.2 Å². The Bertz CT molecular complexity index is 868. The second-order valence-electron chi connectivity index (χ2n) is 11.5. The second kappa shape index (κ2) is 17.0. The molecule has 10 heteroatoms. The van der Waals surface area contributed by atoms with Crippen LogP contribution in [0.4, 0.5) is 4.79 Å². The predicted molar refractivity (Wildman–Crippen MR) is 154 cm³/mol. The quantitative estimate of drug-likeness (QED) is 0.164. The number of hydrogen-bond acceptors (Lipinski definition) is 7. The van der Waals surface area contributed by atoms with E-state index in [1.54, 1.807) is 40.7 Å². The molecule has 1 aliphatic rings. The molecule has 1 rings (SSSR count). The van der Waals surface area contributed by atoms with E-state index >= 15 is 0 Å². The van der Waals surface area contributed by atoms with Crippen LogP contribution >= 0.6 is 0 Å². The summed E-state index contributed by atoms with van der Waals surface area (Å²) in [6, 6.07) is -2.75. The van der Waals surface area contributed by atoms with E-state index in [1.165, 1.54) is 4.90 Å². The number of carbonyl (C=O) groups excluding carboxylic acids is 4. The van der Waals surface area contributed by atoms with Gasteiger partial charge in [-0.3, -0.25) is 9.59 Å². The van der Waals surface area contributed by atoms with Crippen LogP contribution < -0.4 is 10.6 Å². The molecule has 1 aliphatic heterocycles. The molecule has 1 saturated heterocycles. The summed E-state index contributed by atoms with van der Waals surface area (Å²) in [5, 5.41) is 5.53. The Balaban J connectivity index is 3.27. The molecule has 0 aromatic heterocycles. The molecule has 0 radical (unpaired) electrons. The van der Waals surface area contributed by atoms with Crippen LogP contribution in [0.3, 0.4) is 0 Å². The van der Waals surface area contributed by atoms with Gasteiger partial charge in [-0.1, -0.05) is 32.4 Å². The van der Waals surface area contributed by atoms with Gasteiger partial charge in [-0.25, -0.2) is 9.59 Å². The molecule has 40 heavy (non-hydrogen) atoms. The lowest BCUT2D eigenvalue weighted by Gasteiger charge is -2.34. The van der Waals surface area contributed by atoms with Crippen LogP contribution in [0.2, 0.25) is 0 Å². The van der Waals surface area contributed by atoms with E-state index in [-0.39, 0.29) is 25.0 Å². The molecule has 0 aromatic carbocycles. The van der Waals surface area contributed by atoms with Crippen LogP contribution in [-0.4, -0.2) is 78.4 Å². The average Bonchev–Trinajstić information content (AvgIpc) is 3.32. The highest BCUT2D eigenvalue weighted by molar-refractivity contribution is 5.94. The number of rotatable bonds is 16. The predicted octanol–water partition coefficient (Wildman–Crippen LogP) is 4.14. The summed E-state index contributed by atoms with van der Waals surface area (Å²) < 4.78 is 16.3. The number of ether oxygens (including phenoxy) is 3. The number of hydrogen-bond donors (Lipinski definition) is 2. The molecule has 3 amide bonds. The smallest absolute Gasteiger partial charge is 0.408 e. The van der Waals surface area contributed by atoms with Crippen LogP contribution in [0.15, 0.2) is 25.3 Å². The lowest BCUT2D eigenvalue weighted by Crippen LogP contribution is -2.60. The molecule has 2 N–H and O–H groups in total. The topological polar surface area (TPSA) is 123 Å². The largest absolute Gasteiger partial charge is 0.464 e. The molecule has 0 bridgehead atoms. The van der Waals surface area contributed by atoms with Crippen molar-refractivity contribution in [3.63, 3.8) is 0 Å². The molecule has 0 aromatic rings. The Kier molecular flexibility index (Phi) is 15.0. The number of esters is 1. The van der Waals surface area contributed by atoms with Gasteiger partial charge < -0.3 is 29.7 Å². The van der Waals surface area contributed by atoms with Gasteiger partial charge in [0.1, 0.15) is 23.7 Å². The van der Waals surface area contributed by atoms with E-state index < -0.39 is 53.7 Å². The number of amides is 3. The third-order valence-corrected chi connectivity index (χ3v) is 6.78. The highest BCUT2D eigenvalue weighted by atomic mass is 16.6. The third-order valence-electron chi connectivity index (χ3n) is 6.78. The van der Waals surface area contributed by atoms with Crippen molar-refractivity contribution >= 4 is 23.9 Å². The first kappa shape index (κ1) is 35.1. The van der Waals surface area contributed by atoms with Crippen LogP contribution in [0.25, 0.3) is 0 Å². The summed E-state index contributed by atoms with van der Waals surface area (Å²) in [5.74, 6) is -1.42. The molecule has 10 nitrogen and oxygen atoms in total. The van der Waals surface area contributed by atoms with Gasteiger partial charge >= 0.3 is 12.1 Å². The number of likely N-dealkylation sites (tertiary alicyclic amines) is 1. The number of nitrogens with zero attached hydrogens (tertiary/aromatic N) is 1. The van der Waals surface area contributed by atoms with E-state index in [2.05, 4.69) is 23.8 Å². The molecule has 1 fully saturated rings. The number of unbranched alkanes of at least 4 members (excludes halogenated alkanes) is 2. The minimum Gasteiger partial charge on any atom is -0.464 e. The number of carbonyl (C=O) groups is 4.